The highest BCUT2D eigenvalue weighted by Crippen LogP contribution is 2.31. The van der Waals surface area contributed by atoms with Crippen LogP contribution in [0.4, 0.5) is 4.39 Å². The largest absolute Gasteiger partial charge is 0.461 e. The molecule has 0 spiro atoms. The molecule has 0 radical (unpaired) electrons. The summed E-state index contributed by atoms with van der Waals surface area (Å²) < 4.78 is 19.0. The van der Waals surface area contributed by atoms with E-state index in [0.717, 1.165) is 0 Å². The summed E-state index contributed by atoms with van der Waals surface area (Å²) in [4.78, 5) is 11.5. The Morgan fingerprint density at radius 2 is 1.93 bits per heavy atom. The average molecular weight is 220 g/mol. The minimum absolute atomic E-state index is 0.0825. The molecular formula is C11H21FO3. The Hall–Kier alpha value is -0.640. The van der Waals surface area contributed by atoms with E-state index in [0.29, 0.717) is 0 Å². The van der Waals surface area contributed by atoms with Gasteiger partial charge in [0.1, 0.15) is 6.61 Å². The average Bonchev–Trinajstić information content (AvgIpc) is 2.12. The fourth-order valence-electron chi connectivity index (χ4n) is 1.41. The second-order valence-corrected chi connectivity index (χ2v) is 4.47. The number of carbonyl (C=O) groups excluding carboxylic acids is 1. The number of hydrogen-bond donors (Lipinski definition) is 1. The molecule has 0 saturated carbocycles. The van der Waals surface area contributed by atoms with Crippen LogP contribution in [-0.4, -0.2) is 30.0 Å². The molecule has 0 bridgehead atoms. The lowest BCUT2D eigenvalue weighted by molar-refractivity contribution is -0.163. The van der Waals surface area contributed by atoms with Crippen molar-refractivity contribution in [2.45, 2.75) is 39.8 Å². The minimum atomic E-state index is -1.94. The first-order valence-electron chi connectivity index (χ1n) is 5.31. The lowest BCUT2D eigenvalue weighted by Gasteiger charge is -2.28. The van der Waals surface area contributed by atoms with E-state index in [1.807, 2.05) is 13.8 Å². The maximum Gasteiger partial charge on any atom is 0.344 e. The summed E-state index contributed by atoms with van der Waals surface area (Å²) in [5, 5.41) is 8.50. The molecule has 90 valence electrons. The third-order valence-corrected chi connectivity index (χ3v) is 2.28. The highest BCUT2D eigenvalue weighted by Gasteiger charge is 2.43. The zero-order valence-electron chi connectivity index (χ0n) is 9.92. The Kier molecular flexibility index (Phi) is 5.80. The molecule has 0 aromatic heterocycles. The summed E-state index contributed by atoms with van der Waals surface area (Å²) in [6.45, 7) is 6.61. The lowest BCUT2D eigenvalue weighted by Crippen LogP contribution is -2.42. The van der Waals surface area contributed by atoms with Gasteiger partial charge >= 0.3 is 5.97 Å². The number of aliphatic hydroxyl groups is 1. The molecule has 0 amide bonds. The molecule has 0 saturated heterocycles. The van der Waals surface area contributed by atoms with Crippen LogP contribution in [0.15, 0.2) is 0 Å². The standard InChI is InChI=1S/C11H21FO3/c1-8(2)7-11(12,9(3)4)10(14)15-6-5-13/h8-9,13H,5-7H2,1-4H3. The number of aliphatic hydroxyl groups excluding tert-OH is 1. The highest BCUT2D eigenvalue weighted by molar-refractivity contribution is 5.79. The number of carbonyl (C=O) groups is 1. The molecule has 1 N–H and O–H groups in total. The van der Waals surface area contributed by atoms with E-state index in [9.17, 15) is 9.18 Å². The number of hydrogen-bond acceptors (Lipinski definition) is 3. The normalized spacial score (nSPS) is 15.5. The second kappa shape index (κ2) is 6.05. The van der Waals surface area contributed by atoms with E-state index in [4.69, 9.17) is 5.11 Å². The smallest absolute Gasteiger partial charge is 0.344 e. The highest BCUT2D eigenvalue weighted by atomic mass is 19.1. The van der Waals surface area contributed by atoms with Crippen molar-refractivity contribution in [3.63, 3.8) is 0 Å². The number of alkyl halides is 1. The van der Waals surface area contributed by atoms with E-state index < -0.39 is 17.6 Å². The Morgan fingerprint density at radius 1 is 1.40 bits per heavy atom. The quantitative estimate of drug-likeness (QED) is 0.696. The number of halogens is 1. The topological polar surface area (TPSA) is 46.5 Å². The second-order valence-electron chi connectivity index (χ2n) is 4.47. The molecule has 0 aromatic carbocycles. The van der Waals surface area contributed by atoms with E-state index in [1.165, 1.54) is 0 Å². The van der Waals surface area contributed by atoms with E-state index in [-0.39, 0.29) is 25.6 Å². The molecule has 4 heteroatoms. The van der Waals surface area contributed by atoms with Crippen LogP contribution < -0.4 is 0 Å². The van der Waals surface area contributed by atoms with Gasteiger partial charge in [-0.05, 0) is 18.3 Å². The molecule has 0 aliphatic heterocycles. The molecular weight excluding hydrogens is 199 g/mol. The third-order valence-electron chi connectivity index (χ3n) is 2.28. The molecule has 0 aromatic rings. The van der Waals surface area contributed by atoms with Crippen LogP contribution in [0.2, 0.25) is 0 Å². The van der Waals surface area contributed by atoms with Gasteiger partial charge in [0.15, 0.2) is 0 Å². The van der Waals surface area contributed by atoms with Gasteiger partial charge in [0, 0.05) is 0 Å². The van der Waals surface area contributed by atoms with Gasteiger partial charge in [-0.15, -0.1) is 0 Å². The summed E-state index contributed by atoms with van der Waals surface area (Å²) in [5.41, 5.74) is -1.94. The molecule has 1 unspecified atom stereocenters. The van der Waals surface area contributed by atoms with Crippen LogP contribution in [0.3, 0.4) is 0 Å². The van der Waals surface area contributed by atoms with Gasteiger partial charge in [0.2, 0.25) is 5.67 Å². The monoisotopic (exact) mass is 220 g/mol. The summed E-state index contributed by atoms with van der Waals surface area (Å²) in [6, 6.07) is 0. The van der Waals surface area contributed by atoms with Gasteiger partial charge in [-0.2, -0.15) is 0 Å². The number of ether oxygens (including phenoxy) is 1. The number of esters is 1. The first-order valence-corrected chi connectivity index (χ1v) is 5.31. The van der Waals surface area contributed by atoms with Crippen LogP contribution >= 0.6 is 0 Å². The van der Waals surface area contributed by atoms with Crippen molar-refractivity contribution in [2.75, 3.05) is 13.2 Å². The van der Waals surface area contributed by atoms with Crippen molar-refractivity contribution < 1.29 is 19.0 Å². The van der Waals surface area contributed by atoms with Crippen molar-refractivity contribution in [3.8, 4) is 0 Å². The Morgan fingerprint density at radius 3 is 2.27 bits per heavy atom. The number of rotatable bonds is 6. The van der Waals surface area contributed by atoms with Gasteiger partial charge in [-0.25, -0.2) is 9.18 Å². The summed E-state index contributed by atoms with van der Waals surface area (Å²) in [5.74, 6) is -1.20. The van der Waals surface area contributed by atoms with Crippen LogP contribution in [0.1, 0.15) is 34.1 Å². The Labute approximate surface area is 90.6 Å². The Balaban J connectivity index is 4.55. The van der Waals surface area contributed by atoms with Crippen molar-refractivity contribution in [1.82, 2.24) is 0 Å². The predicted octanol–water partition coefficient (Wildman–Crippen LogP) is 1.93. The predicted molar refractivity (Wildman–Crippen MR) is 56.2 cm³/mol. The summed E-state index contributed by atoms with van der Waals surface area (Å²) in [6.07, 6.45) is 0.148. The third kappa shape index (κ3) is 4.16. The van der Waals surface area contributed by atoms with Crippen LogP contribution in [0.25, 0.3) is 0 Å². The minimum Gasteiger partial charge on any atom is -0.461 e. The van der Waals surface area contributed by atoms with Crippen LogP contribution in [0, 0.1) is 11.8 Å². The first kappa shape index (κ1) is 14.4. The van der Waals surface area contributed by atoms with Gasteiger partial charge in [0.05, 0.1) is 6.61 Å². The fraction of sp³-hybridized carbons (Fsp3) is 0.909. The molecule has 0 fully saturated rings. The summed E-state index contributed by atoms with van der Waals surface area (Å²) >= 11 is 0. The van der Waals surface area contributed by atoms with Crippen LogP contribution in [-0.2, 0) is 9.53 Å². The van der Waals surface area contributed by atoms with Gasteiger partial charge in [-0.3, -0.25) is 0 Å². The summed E-state index contributed by atoms with van der Waals surface area (Å²) in [7, 11) is 0. The molecule has 15 heavy (non-hydrogen) atoms. The fourth-order valence-corrected chi connectivity index (χ4v) is 1.41. The zero-order chi connectivity index (χ0) is 12.1. The molecule has 0 rings (SSSR count). The van der Waals surface area contributed by atoms with Crippen molar-refractivity contribution in [1.29, 1.82) is 0 Å². The lowest BCUT2D eigenvalue weighted by atomic mass is 9.84. The molecule has 0 aliphatic carbocycles. The van der Waals surface area contributed by atoms with E-state index in [1.54, 1.807) is 13.8 Å². The molecule has 0 heterocycles. The van der Waals surface area contributed by atoms with Gasteiger partial charge in [-0.1, -0.05) is 27.7 Å². The van der Waals surface area contributed by atoms with E-state index in [2.05, 4.69) is 4.74 Å². The van der Waals surface area contributed by atoms with Gasteiger partial charge < -0.3 is 9.84 Å². The SMILES string of the molecule is CC(C)CC(F)(C(=O)OCCO)C(C)C. The molecule has 3 nitrogen and oxygen atoms in total. The maximum atomic E-state index is 14.3. The van der Waals surface area contributed by atoms with Crippen LogP contribution in [0.5, 0.6) is 0 Å². The molecule has 0 aliphatic rings. The van der Waals surface area contributed by atoms with Crippen molar-refractivity contribution in [2.24, 2.45) is 11.8 Å². The van der Waals surface area contributed by atoms with Crippen molar-refractivity contribution >= 4 is 5.97 Å². The maximum absolute atomic E-state index is 14.3. The zero-order valence-corrected chi connectivity index (χ0v) is 9.92. The Bertz CT molecular complexity index is 204. The van der Waals surface area contributed by atoms with E-state index >= 15 is 0 Å². The van der Waals surface area contributed by atoms with Crippen molar-refractivity contribution in [3.05, 3.63) is 0 Å². The van der Waals surface area contributed by atoms with Gasteiger partial charge in [0.25, 0.3) is 0 Å². The molecule has 1 atom stereocenters. The first-order chi connectivity index (χ1) is 6.84.